The van der Waals surface area contributed by atoms with Crippen molar-refractivity contribution in [2.45, 2.75) is 18.7 Å². The van der Waals surface area contributed by atoms with Crippen LogP contribution in [0.25, 0.3) is 0 Å². The monoisotopic (exact) mass is 376 g/mol. The zero-order chi connectivity index (χ0) is 18.4. The molecule has 7 heteroatoms. The number of rotatable bonds is 4. The summed E-state index contributed by atoms with van der Waals surface area (Å²) in [4.78, 5) is 11.1. The zero-order valence-corrected chi connectivity index (χ0v) is 15.3. The van der Waals surface area contributed by atoms with E-state index in [4.69, 9.17) is 11.6 Å². The van der Waals surface area contributed by atoms with E-state index in [1.807, 2.05) is 0 Å². The first-order valence-electron chi connectivity index (χ1n) is 7.40. The molecule has 0 atom stereocenters. The van der Waals surface area contributed by atoms with E-state index in [1.165, 1.54) is 13.0 Å². The van der Waals surface area contributed by atoms with Gasteiger partial charge in [-0.3, -0.25) is 4.79 Å². The van der Waals surface area contributed by atoms with Gasteiger partial charge in [0.05, 0.1) is 11.4 Å². The van der Waals surface area contributed by atoms with Gasteiger partial charge in [-0.1, -0.05) is 29.5 Å². The number of halogens is 1. The van der Waals surface area contributed by atoms with Crippen molar-refractivity contribution in [1.29, 1.82) is 0 Å². The second kappa shape index (κ2) is 8.17. The molecule has 25 heavy (non-hydrogen) atoms. The molecule has 5 nitrogen and oxygen atoms in total. The summed E-state index contributed by atoms with van der Waals surface area (Å²) in [5, 5.41) is 3.02. The maximum absolute atomic E-state index is 12.3. The van der Waals surface area contributed by atoms with Crippen LogP contribution in [0.4, 0.5) is 5.69 Å². The highest BCUT2D eigenvalue weighted by Gasteiger charge is 2.16. The highest BCUT2D eigenvalue weighted by atomic mass is 35.5. The number of benzene rings is 2. The van der Waals surface area contributed by atoms with Gasteiger partial charge in [-0.05, 0) is 48.9 Å². The lowest BCUT2D eigenvalue weighted by molar-refractivity contribution is -0.114. The van der Waals surface area contributed by atoms with Gasteiger partial charge in [0.2, 0.25) is 15.9 Å². The summed E-state index contributed by atoms with van der Waals surface area (Å²) >= 11 is 5.86. The van der Waals surface area contributed by atoms with E-state index in [0.717, 1.165) is 0 Å². The Morgan fingerprint density at radius 2 is 1.84 bits per heavy atom. The quantitative estimate of drug-likeness (QED) is 0.805. The van der Waals surface area contributed by atoms with E-state index < -0.39 is 10.0 Å². The second-order valence-electron chi connectivity index (χ2n) is 5.29. The van der Waals surface area contributed by atoms with Gasteiger partial charge in [0, 0.05) is 23.2 Å². The van der Waals surface area contributed by atoms with Gasteiger partial charge in [-0.25, -0.2) is 8.42 Å². The normalized spacial score (nSPS) is 10.7. The highest BCUT2D eigenvalue weighted by Crippen LogP contribution is 2.19. The summed E-state index contributed by atoms with van der Waals surface area (Å²) in [6, 6.07) is 11.6. The van der Waals surface area contributed by atoms with Gasteiger partial charge < -0.3 is 5.32 Å². The maximum atomic E-state index is 12.3. The number of anilines is 1. The van der Waals surface area contributed by atoms with Crippen molar-refractivity contribution in [3.05, 3.63) is 58.6 Å². The van der Waals surface area contributed by atoms with Gasteiger partial charge in [-0.15, -0.1) is 0 Å². The molecule has 0 aliphatic carbocycles. The number of sulfonamides is 1. The molecule has 0 saturated carbocycles. The zero-order valence-electron chi connectivity index (χ0n) is 13.8. The van der Waals surface area contributed by atoms with Gasteiger partial charge in [-0.2, -0.15) is 4.72 Å². The maximum Gasteiger partial charge on any atom is 0.241 e. The Morgan fingerprint density at radius 1 is 1.16 bits per heavy atom. The Bertz CT molecular complexity index is 943. The lowest BCUT2D eigenvalue weighted by Gasteiger charge is -2.07. The minimum Gasteiger partial charge on any atom is -0.326 e. The van der Waals surface area contributed by atoms with Gasteiger partial charge in [0.1, 0.15) is 0 Å². The first kappa shape index (κ1) is 19.0. The van der Waals surface area contributed by atoms with Gasteiger partial charge in [0.15, 0.2) is 0 Å². The largest absolute Gasteiger partial charge is 0.326 e. The number of carbonyl (C=O) groups is 1. The lowest BCUT2D eigenvalue weighted by Crippen LogP contribution is -2.24. The molecule has 0 spiro atoms. The molecule has 1 amide bonds. The molecule has 0 radical (unpaired) electrons. The molecule has 2 rings (SSSR count). The first-order valence-corrected chi connectivity index (χ1v) is 9.26. The van der Waals surface area contributed by atoms with Crippen LogP contribution in [-0.4, -0.2) is 20.9 Å². The molecule has 0 bridgehead atoms. The van der Waals surface area contributed by atoms with E-state index in [-0.39, 0.29) is 17.3 Å². The van der Waals surface area contributed by atoms with E-state index >= 15 is 0 Å². The Morgan fingerprint density at radius 3 is 2.48 bits per heavy atom. The van der Waals surface area contributed by atoms with Crippen LogP contribution in [-0.2, 0) is 14.8 Å². The molecule has 0 heterocycles. The number of aryl methyl sites for hydroxylation is 1. The third-order valence-corrected chi connectivity index (χ3v) is 5.01. The smallest absolute Gasteiger partial charge is 0.241 e. The van der Waals surface area contributed by atoms with Crippen molar-refractivity contribution >= 4 is 33.2 Å². The summed E-state index contributed by atoms with van der Waals surface area (Å²) in [6.45, 7) is 3.11. The molecular formula is C18H17ClN2O3S. The van der Waals surface area contributed by atoms with Crippen molar-refractivity contribution < 1.29 is 13.2 Å². The van der Waals surface area contributed by atoms with Crippen molar-refractivity contribution in [2.24, 2.45) is 0 Å². The van der Waals surface area contributed by atoms with Gasteiger partial charge in [0.25, 0.3) is 0 Å². The second-order valence-corrected chi connectivity index (χ2v) is 7.47. The van der Waals surface area contributed by atoms with Crippen LogP contribution in [0.5, 0.6) is 0 Å². The van der Waals surface area contributed by atoms with Crippen LogP contribution < -0.4 is 10.0 Å². The Hall–Kier alpha value is -2.33. The average Bonchev–Trinajstić information content (AvgIpc) is 2.55. The highest BCUT2D eigenvalue weighted by molar-refractivity contribution is 7.89. The molecule has 0 saturated heterocycles. The van der Waals surface area contributed by atoms with Crippen LogP contribution in [0.3, 0.4) is 0 Å². The van der Waals surface area contributed by atoms with Crippen LogP contribution in [0.1, 0.15) is 18.1 Å². The third kappa shape index (κ3) is 5.61. The van der Waals surface area contributed by atoms with Gasteiger partial charge >= 0.3 is 0 Å². The number of hydrogen-bond donors (Lipinski definition) is 2. The first-order chi connectivity index (χ1) is 11.8. The molecular weight excluding hydrogens is 360 g/mol. The van der Waals surface area contributed by atoms with Crippen LogP contribution in [0.2, 0.25) is 5.02 Å². The molecule has 2 aromatic carbocycles. The fourth-order valence-corrected chi connectivity index (χ4v) is 3.49. The predicted molar refractivity (Wildman–Crippen MR) is 99.0 cm³/mol. The van der Waals surface area contributed by atoms with Crippen molar-refractivity contribution in [2.75, 3.05) is 11.9 Å². The topological polar surface area (TPSA) is 75.3 Å². The summed E-state index contributed by atoms with van der Waals surface area (Å²) in [6.07, 6.45) is 0. The third-order valence-electron chi connectivity index (χ3n) is 3.23. The number of nitrogens with one attached hydrogen (secondary N) is 2. The number of hydrogen-bond acceptors (Lipinski definition) is 3. The Labute approximate surface area is 152 Å². The predicted octanol–water partition coefficient (Wildman–Crippen LogP) is 2.94. The summed E-state index contributed by atoms with van der Waals surface area (Å²) < 4.78 is 27.0. The van der Waals surface area contributed by atoms with E-state index in [0.29, 0.717) is 21.8 Å². The molecule has 0 fully saturated rings. The summed E-state index contributed by atoms with van der Waals surface area (Å²) in [7, 11) is -3.67. The summed E-state index contributed by atoms with van der Waals surface area (Å²) in [5.74, 6) is 5.47. The van der Waals surface area contributed by atoms with Crippen molar-refractivity contribution in [1.82, 2.24) is 4.72 Å². The number of amides is 1. The fraction of sp³-hybridized carbons (Fsp3) is 0.167. The molecule has 0 aliphatic heterocycles. The molecule has 0 unspecified atom stereocenters. The van der Waals surface area contributed by atoms with E-state index in [2.05, 4.69) is 21.9 Å². The van der Waals surface area contributed by atoms with Crippen molar-refractivity contribution in [3.63, 3.8) is 0 Å². The average molecular weight is 377 g/mol. The molecule has 0 aromatic heterocycles. The molecule has 2 N–H and O–H groups in total. The molecule has 130 valence electrons. The minimum absolute atomic E-state index is 0.0261. The Kier molecular flexibility index (Phi) is 6.21. The lowest BCUT2D eigenvalue weighted by atomic mass is 10.2. The minimum atomic E-state index is -3.67. The molecule has 2 aromatic rings. The summed E-state index contributed by atoms with van der Waals surface area (Å²) in [5.41, 5.74) is 2.00. The fourth-order valence-electron chi connectivity index (χ4n) is 2.06. The van der Waals surface area contributed by atoms with Crippen LogP contribution in [0.15, 0.2) is 47.4 Å². The standard InChI is InChI=1S/C18H17ClN2O3S/c1-13-5-8-16(19)12-18(13)25(23,24)20-11-3-4-15-6-9-17(10-7-15)21-14(2)22/h5-10,12,20H,11H2,1-2H3,(H,21,22). The SMILES string of the molecule is CC(=O)Nc1ccc(C#CCNS(=O)(=O)c2cc(Cl)ccc2C)cc1. The molecule has 0 aliphatic rings. The Balaban J connectivity index is 2.02. The van der Waals surface area contributed by atoms with E-state index in [1.54, 1.807) is 43.3 Å². The van der Waals surface area contributed by atoms with Crippen molar-refractivity contribution in [3.8, 4) is 11.8 Å². The number of carbonyl (C=O) groups excluding carboxylic acids is 1. The van der Waals surface area contributed by atoms with E-state index in [9.17, 15) is 13.2 Å². The van der Waals surface area contributed by atoms with Crippen LogP contribution >= 0.6 is 11.6 Å². The van der Waals surface area contributed by atoms with Crippen LogP contribution in [0, 0.1) is 18.8 Å².